The molecule has 2 aromatic rings. The van der Waals surface area contributed by atoms with Crippen LogP contribution in [0.4, 0.5) is 11.5 Å². The maximum absolute atomic E-state index is 12.6. The number of carbonyl (C=O) groups excluding carboxylic acids is 1. The van der Waals surface area contributed by atoms with Gasteiger partial charge in [0.1, 0.15) is 28.8 Å². The Morgan fingerprint density at radius 3 is 2.56 bits per heavy atom. The second kappa shape index (κ2) is 7.38. The molecule has 1 aliphatic rings. The predicted octanol–water partition coefficient (Wildman–Crippen LogP) is 2.78. The van der Waals surface area contributed by atoms with Crippen LogP contribution >= 0.6 is 0 Å². The Morgan fingerprint density at radius 2 is 1.88 bits per heavy atom. The number of amides is 1. The summed E-state index contributed by atoms with van der Waals surface area (Å²) in [6, 6.07) is 7.14. The van der Waals surface area contributed by atoms with Crippen molar-refractivity contribution >= 4 is 17.4 Å². The van der Waals surface area contributed by atoms with Gasteiger partial charge < -0.3 is 19.7 Å². The number of rotatable bonds is 5. The molecule has 132 valence electrons. The molecule has 25 heavy (non-hydrogen) atoms. The van der Waals surface area contributed by atoms with Crippen LogP contribution in [0.5, 0.6) is 11.5 Å². The molecule has 1 aliphatic heterocycles. The number of carbonyl (C=O) groups is 1. The van der Waals surface area contributed by atoms with Crippen LogP contribution < -0.4 is 14.8 Å². The average Bonchev–Trinajstić information content (AvgIpc) is 3.15. The first kappa shape index (κ1) is 17.0. The van der Waals surface area contributed by atoms with Crippen molar-refractivity contribution in [2.75, 3.05) is 32.6 Å². The largest absolute Gasteiger partial charge is 0.497 e. The van der Waals surface area contributed by atoms with E-state index in [0.717, 1.165) is 31.6 Å². The highest BCUT2D eigenvalue weighted by molar-refractivity contribution is 5.93. The first-order valence-electron chi connectivity index (χ1n) is 8.24. The van der Waals surface area contributed by atoms with Crippen molar-refractivity contribution in [2.45, 2.75) is 19.8 Å². The Bertz CT molecular complexity index is 773. The van der Waals surface area contributed by atoms with Gasteiger partial charge in [0.2, 0.25) is 0 Å². The summed E-state index contributed by atoms with van der Waals surface area (Å²) in [6.07, 6.45) is 2.09. The molecule has 1 amide bonds. The monoisotopic (exact) mass is 342 g/mol. The number of aryl methyl sites for hydroxylation is 1. The van der Waals surface area contributed by atoms with Crippen LogP contribution in [0.3, 0.4) is 0 Å². The zero-order valence-electron chi connectivity index (χ0n) is 14.7. The fourth-order valence-corrected chi connectivity index (χ4v) is 2.86. The van der Waals surface area contributed by atoms with E-state index in [1.165, 1.54) is 0 Å². The maximum atomic E-state index is 12.6. The molecule has 2 heterocycles. The smallest absolute Gasteiger partial charge is 0.272 e. The van der Waals surface area contributed by atoms with Crippen LogP contribution in [0.1, 0.15) is 29.2 Å². The van der Waals surface area contributed by atoms with Crippen LogP contribution in [0, 0.1) is 6.92 Å². The lowest BCUT2D eigenvalue weighted by molar-refractivity contribution is 0.0786. The molecule has 1 aromatic heterocycles. The number of hydrogen-bond acceptors (Lipinski definition) is 6. The number of anilines is 2. The number of aromatic nitrogens is 2. The molecule has 0 aliphatic carbocycles. The van der Waals surface area contributed by atoms with E-state index < -0.39 is 0 Å². The van der Waals surface area contributed by atoms with Crippen molar-refractivity contribution in [3.63, 3.8) is 0 Å². The highest BCUT2D eigenvalue weighted by atomic mass is 16.5. The van der Waals surface area contributed by atoms with E-state index in [4.69, 9.17) is 9.47 Å². The number of ether oxygens (including phenoxy) is 2. The van der Waals surface area contributed by atoms with Gasteiger partial charge in [-0.2, -0.15) is 0 Å². The summed E-state index contributed by atoms with van der Waals surface area (Å²) >= 11 is 0. The van der Waals surface area contributed by atoms with Crippen molar-refractivity contribution in [2.24, 2.45) is 0 Å². The van der Waals surface area contributed by atoms with Gasteiger partial charge in [0.05, 0.1) is 19.9 Å². The summed E-state index contributed by atoms with van der Waals surface area (Å²) < 4.78 is 10.6. The molecular weight excluding hydrogens is 320 g/mol. The minimum Gasteiger partial charge on any atom is -0.497 e. The third-order valence-corrected chi connectivity index (χ3v) is 4.12. The van der Waals surface area contributed by atoms with Gasteiger partial charge in [0.25, 0.3) is 5.91 Å². The number of nitrogens with one attached hydrogen (secondary N) is 1. The van der Waals surface area contributed by atoms with Crippen molar-refractivity contribution in [1.29, 1.82) is 0 Å². The highest BCUT2D eigenvalue weighted by Crippen LogP contribution is 2.31. The molecular formula is C18H22N4O3. The number of likely N-dealkylation sites (tertiary alicyclic amines) is 1. The van der Waals surface area contributed by atoms with Crippen LogP contribution in [0.25, 0.3) is 0 Å². The fourth-order valence-electron chi connectivity index (χ4n) is 2.86. The third kappa shape index (κ3) is 3.81. The summed E-state index contributed by atoms with van der Waals surface area (Å²) in [7, 11) is 3.19. The number of hydrogen-bond donors (Lipinski definition) is 1. The second-order valence-corrected chi connectivity index (χ2v) is 5.88. The van der Waals surface area contributed by atoms with Crippen LogP contribution in [0.2, 0.25) is 0 Å². The lowest BCUT2D eigenvalue weighted by Crippen LogP contribution is -2.28. The van der Waals surface area contributed by atoms with E-state index in [0.29, 0.717) is 28.8 Å². The molecule has 0 spiro atoms. The predicted molar refractivity (Wildman–Crippen MR) is 94.7 cm³/mol. The van der Waals surface area contributed by atoms with E-state index in [1.54, 1.807) is 33.3 Å². The molecule has 0 unspecified atom stereocenters. The van der Waals surface area contributed by atoms with E-state index in [1.807, 2.05) is 17.0 Å². The van der Waals surface area contributed by atoms with Gasteiger partial charge in [-0.1, -0.05) is 0 Å². The zero-order chi connectivity index (χ0) is 17.8. The zero-order valence-corrected chi connectivity index (χ0v) is 14.7. The molecule has 7 heteroatoms. The Balaban J connectivity index is 1.87. The Morgan fingerprint density at radius 1 is 1.12 bits per heavy atom. The number of methoxy groups -OCH3 is 2. The summed E-state index contributed by atoms with van der Waals surface area (Å²) in [6.45, 7) is 3.35. The van der Waals surface area contributed by atoms with Crippen LogP contribution in [-0.2, 0) is 0 Å². The molecule has 0 radical (unpaired) electrons. The minimum atomic E-state index is -0.0484. The lowest BCUT2D eigenvalue weighted by Gasteiger charge is -2.16. The van der Waals surface area contributed by atoms with Gasteiger partial charge in [0, 0.05) is 25.2 Å². The van der Waals surface area contributed by atoms with Gasteiger partial charge in [-0.05, 0) is 31.9 Å². The molecule has 1 N–H and O–H groups in total. The number of nitrogens with zero attached hydrogens (tertiary/aromatic N) is 3. The van der Waals surface area contributed by atoms with Crippen molar-refractivity contribution in [3.05, 3.63) is 35.8 Å². The minimum absolute atomic E-state index is 0.0484. The van der Waals surface area contributed by atoms with Gasteiger partial charge >= 0.3 is 0 Å². The van der Waals surface area contributed by atoms with Crippen LogP contribution in [-0.4, -0.2) is 48.1 Å². The summed E-state index contributed by atoms with van der Waals surface area (Å²) in [5.41, 5.74) is 1.14. The van der Waals surface area contributed by atoms with E-state index in [-0.39, 0.29) is 5.91 Å². The number of benzene rings is 1. The van der Waals surface area contributed by atoms with Gasteiger partial charge in [0.15, 0.2) is 0 Å². The molecule has 0 bridgehead atoms. The quantitative estimate of drug-likeness (QED) is 0.900. The molecule has 1 saturated heterocycles. The average molecular weight is 342 g/mol. The second-order valence-electron chi connectivity index (χ2n) is 5.88. The Hall–Kier alpha value is -2.83. The molecule has 1 fully saturated rings. The Kier molecular flexibility index (Phi) is 5.02. The van der Waals surface area contributed by atoms with Gasteiger partial charge in [-0.15, -0.1) is 0 Å². The molecule has 7 nitrogen and oxygen atoms in total. The highest BCUT2D eigenvalue weighted by Gasteiger charge is 2.21. The summed E-state index contributed by atoms with van der Waals surface area (Å²) in [5, 5.41) is 3.20. The first-order chi connectivity index (χ1) is 12.1. The first-order valence-corrected chi connectivity index (χ1v) is 8.24. The van der Waals surface area contributed by atoms with Gasteiger partial charge in [-0.25, -0.2) is 9.97 Å². The van der Waals surface area contributed by atoms with Crippen LogP contribution in [0.15, 0.2) is 24.3 Å². The van der Waals surface area contributed by atoms with E-state index in [9.17, 15) is 4.79 Å². The molecule has 0 saturated carbocycles. The Labute approximate surface area is 147 Å². The van der Waals surface area contributed by atoms with Crippen molar-refractivity contribution in [3.8, 4) is 11.5 Å². The van der Waals surface area contributed by atoms with E-state index in [2.05, 4.69) is 15.3 Å². The molecule has 3 rings (SSSR count). The summed E-state index contributed by atoms with van der Waals surface area (Å²) in [5.74, 6) is 2.38. The molecule has 0 atom stereocenters. The summed E-state index contributed by atoms with van der Waals surface area (Å²) in [4.78, 5) is 23.1. The third-order valence-electron chi connectivity index (χ3n) is 4.12. The van der Waals surface area contributed by atoms with E-state index >= 15 is 0 Å². The SMILES string of the molecule is COc1ccc(Nc2cc(C(=O)N3CCCC3)nc(C)n2)c(OC)c1. The van der Waals surface area contributed by atoms with Gasteiger partial charge in [-0.3, -0.25) is 4.79 Å². The molecule has 1 aromatic carbocycles. The topological polar surface area (TPSA) is 76.6 Å². The normalized spacial score (nSPS) is 13.6. The standard InChI is InChI=1S/C18H22N4O3/c1-12-19-15(18(23)22-8-4-5-9-22)11-17(20-12)21-14-7-6-13(24-2)10-16(14)25-3/h6-7,10-11H,4-5,8-9H2,1-3H3,(H,19,20,21). The maximum Gasteiger partial charge on any atom is 0.272 e. The lowest BCUT2D eigenvalue weighted by atomic mass is 10.2. The van der Waals surface area contributed by atoms with Crippen molar-refractivity contribution < 1.29 is 14.3 Å². The fraction of sp³-hybridized carbons (Fsp3) is 0.389. The van der Waals surface area contributed by atoms with Crippen molar-refractivity contribution in [1.82, 2.24) is 14.9 Å².